The fourth-order valence-electron chi connectivity index (χ4n) is 3.06. The molecule has 1 aliphatic heterocycles. The van der Waals surface area contributed by atoms with Gasteiger partial charge in [-0.3, -0.25) is 10.1 Å². The highest BCUT2D eigenvalue weighted by atomic mass is 16.7. The van der Waals surface area contributed by atoms with Gasteiger partial charge in [-0.2, -0.15) is 0 Å². The topological polar surface area (TPSA) is 114 Å². The molecule has 0 aliphatic carbocycles. The van der Waals surface area contributed by atoms with Crippen molar-refractivity contribution in [3.8, 4) is 17.2 Å². The Morgan fingerprint density at radius 3 is 2.78 bits per heavy atom. The number of benzene rings is 2. The molecule has 0 radical (unpaired) electrons. The van der Waals surface area contributed by atoms with Crippen LogP contribution in [-0.2, 0) is 6.42 Å². The van der Waals surface area contributed by atoms with Crippen molar-refractivity contribution in [3.05, 3.63) is 53.1 Å². The molecule has 2 atom stereocenters. The minimum atomic E-state index is -0.765. The molecule has 7 nitrogen and oxygen atoms in total. The number of nitrogens with one attached hydrogen (secondary N) is 1. The summed E-state index contributed by atoms with van der Waals surface area (Å²) in [4.78, 5) is 11.3. The Balaban J connectivity index is 1.49. The van der Waals surface area contributed by atoms with Crippen LogP contribution in [0, 0.1) is 0 Å². The molecule has 5 N–H and O–H groups in total. The van der Waals surface area contributed by atoms with Crippen LogP contribution in [0.2, 0.25) is 0 Å². The number of aliphatic hydroxyl groups excluding tert-OH is 1. The van der Waals surface area contributed by atoms with Crippen molar-refractivity contribution in [1.29, 1.82) is 0 Å². The van der Waals surface area contributed by atoms with Gasteiger partial charge >= 0.3 is 0 Å². The minimum absolute atomic E-state index is 0.0520. The predicted molar refractivity (Wildman–Crippen MR) is 99.9 cm³/mol. The summed E-state index contributed by atoms with van der Waals surface area (Å²) in [7, 11) is 0. The van der Waals surface area contributed by atoms with Crippen molar-refractivity contribution < 1.29 is 24.5 Å². The van der Waals surface area contributed by atoms with E-state index in [1.54, 1.807) is 6.07 Å². The molecule has 0 fully saturated rings. The number of rotatable bonds is 8. The maximum absolute atomic E-state index is 11.3. The van der Waals surface area contributed by atoms with Gasteiger partial charge in [0.25, 0.3) is 5.91 Å². The summed E-state index contributed by atoms with van der Waals surface area (Å²) in [5, 5.41) is 22.9. The molecule has 144 valence electrons. The number of nitrogens with two attached hydrogens (primary N) is 1. The molecule has 0 saturated heterocycles. The van der Waals surface area contributed by atoms with Crippen LogP contribution in [0.4, 0.5) is 0 Å². The van der Waals surface area contributed by atoms with Gasteiger partial charge in [-0.25, -0.2) is 0 Å². The Kier molecular flexibility index (Phi) is 5.83. The van der Waals surface area contributed by atoms with Gasteiger partial charge in [-0.15, -0.1) is 0 Å². The number of amides is 1. The first-order valence-electron chi connectivity index (χ1n) is 8.86. The highest BCUT2D eigenvalue weighted by Crippen LogP contribution is 2.35. The van der Waals surface area contributed by atoms with E-state index in [2.05, 4.69) is 12.2 Å². The number of hydrogen-bond donors (Lipinski definition) is 4. The lowest BCUT2D eigenvalue weighted by molar-refractivity contribution is 0.0997. The zero-order chi connectivity index (χ0) is 19.4. The van der Waals surface area contributed by atoms with Gasteiger partial charge < -0.3 is 25.4 Å². The number of aliphatic hydroxyl groups is 1. The fourth-order valence-corrected chi connectivity index (χ4v) is 3.06. The van der Waals surface area contributed by atoms with Gasteiger partial charge in [0.1, 0.15) is 12.0 Å². The molecule has 2 aromatic rings. The second-order valence-corrected chi connectivity index (χ2v) is 6.69. The van der Waals surface area contributed by atoms with Crippen molar-refractivity contribution in [1.82, 2.24) is 5.32 Å². The molecule has 0 aromatic heterocycles. The molecule has 1 heterocycles. The molecule has 3 rings (SSSR count). The highest BCUT2D eigenvalue weighted by molar-refractivity contribution is 5.95. The molecule has 1 aliphatic rings. The molecule has 27 heavy (non-hydrogen) atoms. The lowest BCUT2D eigenvalue weighted by Crippen LogP contribution is -2.32. The van der Waals surface area contributed by atoms with Crippen LogP contribution in [-0.4, -0.2) is 35.7 Å². The monoisotopic (exact) mass is 372 g/mol. The van der Waals surface area contributed by atoms with E-state index in [1.807, 2.05) is 18.2 Å². The third-order valence-corrected chi connectivity index (χ3v) is 4.68. The molecule has 0 bridgehead atoms. The lowest BCUT2D eigenvalue weighted by Gasteiger charge is -2.17. The van der Waals surface area contributed by atoms with Crippen LogP contribution in [0.5, 0.6) is 17.2 Å². The van der Waals surface area contributed by atoms with Gasteiger partial charge in [-0.05, 0) is 54.3 Å². The number of primary amides is 1. The SMILES string of the molecule is C[C@@H](CCNC(O)Cc1ccc(O)c(C(N)=O)c1)c1ccc2c(c1)OCO2. The van der Waals surface area contributed by atoms with Crippen molar-refractivity contribution in [2.24, 2.45) is 5.73 Å². The van der Waals surface area contributed by atoms with Gasteiger partial charge in [0.05, 0.1) is 5.56 Å². The second-order valence-electron chi connectivity index (χ2n) is 6.69. The number of hydrogen-bond acceptors (Lipinski definition) is 6. The standard InChI is InChI=1S/C20H24N2O5/c1-12(14-3-5-17-18(10-14)27-11-26-17)6-7-22-19(24)9-13-2-4-16(23)15(8-13)20(21)25/h2-5,8,10,12,19,22-24H,6-7,9,11H2,1H3,(H2,21,25)/t12-,19?/m0/s1. The minimum Gasteiger partial charge on any atom is -0.507 e. The molecule has 1 amide bonds. The van der Waals surface area contributed by atoms with Crippen LogP contribution in [0.1, 0.15) is 40.7 Å². The number of phenols is 1. The zero-order valence-corrected chi connectivity index (χ0v) is 15.1. The molecule has 1 unspecified atom stereocenters. The first kappa shape index (κ1) is 19.0. The van der Waals surface area contributed by atoms with Crippen LogP contribution < -0.4 is 20.5 Å². The van der Waals surface area contributed by atoms with Crippen molar-refractivity contribution in [2.75, 3.05) is 13.3 Å². The first-order valence-corrected chi connectivity index (χ1v) is 8.86. The average molecular weight is 372 g/mol. The van der Waals surface area contributed by atoms with Crippen LogP contribution in [0.25, 0.3) is 0 Å². The van der Waals surface area contributed by atoms with E-state index in [0.717, 1.165) is 23.5 Å². The van der Waals surface area contributed by atoms with Gasteiger partial charge in [0, 0.05) is 6.42 Å². The number of carbonyl (C=O) groups is 1. The van der Waals surface area contributed by atoms with E-state index in [-0.39, 0.29) is 24.0 Å². The van der Waals surface area contributed by atoms with E-state index < -0.39 is 12.1 Å². The third-order valence-electron chi connectivity index (χ3n) is 4.68. The Morgan fingerprint density at radius 1 is 1.22 bits per heavy atom. The molecule has 7 heteroatoms. The second kappa shape index (κ2) is 8.28. The summed E-state index contributed by atoms with van der Waals surface area (Å²) in [6.07, 6.45) is 0.372. The Labute approximate surface area is 157 Å². The fraction of sp³-hybridized carbons (Fsp3) is 0.350. The number of fused-ring (bicyclic) bond motifs is 1. The molecule has 0 saturated carbocycles. The summed E-state index contributed by atoms with van der Waals surface area (Å²) in [5.74, 6) is 0.962. The van der Waals surface area contributed by atoms with Crippen LogP contribution in [0.3, 0.4) is 0 Å². The Bertz CT molecular complexity index is 824. The quantitative estimate of drug-likeness (QED) is 0.526. The number of aromatic hydroxyl groups is 1. The van der Waals surface area contributed by atoms with E-state index in [4.69, 9.17) is 15.2 Å². The van der Waals surface area contributed by atoms with Crippen LogP contribution in [0.15, 0.2) is 36.4 Å². The van der Waals surface area contributed by atoms with Crippen molar-refractivity contribution in [2.45, 2.75) is 31.9 Å². The predicted octanol–water partition coefficient (Wildman–Crippen LogP) is 1.86. The molecular weight excluding hydrogens is 348 g/mol. The smallest absolute Gasteiger partial charge is 0.252 e. The van der Waals surface area contributed by atoms with E-state index in [0.29, 0.717) is 18.5 Å². The molecule has 0 spiro atoms. The van der Waals surface area contributed by atoms with E-state index in [1.165, 1.54) is 12.1 Å². The Hall–Kier alpha value is -2.77. The first-order chi connectivity index (χ1) is 12.9. The van der Waals surface area contributed by atoms with Crippen LogP contribution >= 0.6 is 0 Å². The third kappa shape index (κ3) is 4.69. The van der Waals surface area contributed by atoms with Crippen molar-refractivity contribution >= 4 is 5.91 Å². The Morgan fingerprint density at radius 2 is 2.00 bits per heavy atom. The summed E-state index contributed by atoms with van der Waals surface area (Å²) < 4.78 is 10.7. The summed E-state index contributed by atoms with van der Waals surface area (Å²) in [6.45, 7) is 3.00. The van der Waals surface area contributed by atoms with Gasteiger partial charge in [0.2, 0.25) is 6.79 Å². The summed E-state index contributed by atoms with van der Waals surface area (Å²) in [5.41, 5.74) is 7.14. The molecule has 2 aromatic carbocycles. The average Bonchev–Trinajstić information content (AvgIpc) is 3.10. The lowest BCUT2D eigenvalue weighted by atomic mass is 9.97. The maximum Gasteiger partial charge on any atom is 0.252 e. The number of carbonyl (C=O) groups excluding carboxylic acids is 1. The summed E-state index contributed by atoms with van der Waals surface area (Å²) in [6, 6.07) is 10.5. The summed E-state index contributed by atoms with van der Waals surface area (Å²) >= 11 is 0. The highest BCUT2D eigenvalue weighted by Gasteiger charge is 2.16. The normalized spacial score (nSPS) is 14.7. The van der Waals surface area contributed by atoms with Gasteiger partial charge in [-0.1, -0.05) is 19.1 Å². The largest absolute Gasteiger partial charge is 0.507 e. The van der Waals surface area contributed by atoms with Crippen molar-refractivity contribution in [3.63, 3.8) is 0 Å². The number of ether oxygens (including phenoxy) is 2. The van der Waals surface area contributed by atoms with Gasteiger partial charge in [0.15, 0.2) is 11.5 Å². The van der Waals surface area contributed by atoms with E-state index >= 15 is 0 Å². The molecular formula is C20H24N2O5. The zero-order valence-electron chi connectivity index (χ0n) is 15.1. The van der Waals surface area contributed by atoms with E-state index in [9.17, 15) is 15.0 Å². The maximum atomic E-state index is 11.3.